The van der Waals surface area contributed by atoms with Gasteiger partial charge in [-0.15, -0.1) is 34.0 Å². The molecule has 0 spiro atoms. The molecular formula is C27H36Br2N8O6. The number of allylic oxidation sites excluding steroid dienone is 2. The van der Waals surface area contributed by atoms with Gasteiger partial charge in [0.1, 0.15) is 22.5 Å². The number of amides is 2. The van der Waals surface area contributed by atoms with E-state index in [-0.39, 0.29) is 70.2 Å². The molecule has 234 valence electrons. The highest BCUT2D eigenvalue weighted by atomic mass is 79.9. The summed E-state index contributed by atoms with van der Waals surface area (Å²) in [6.45, 7) is 1.73. The van der Waals surface area contributed by atoms with Gasteiger partial charge in [0.05, 0.1) is 24.2 Å². The summed E-state index contributed by atoms with van der Waals surface area (Å²) in [6.07, 6.45) is 4.81. The van der Waals surface area contributed by atoms with Crippen LogP contribution in [0, 0.1) is 0 Å². The van der Waals surface area contributed by atoms with Crippen molar-refractivity contribution in [2.24, 2.45) is 11.5 Å². The number of rotatable bonds is 15. The van der Waals surface area contributed by atoms with E-state index in [0.717, 1.165) is 0 Å². The van der Waals surface area contributed by atoms with Crippen LogP contribution in [0.2, 0.25) is 0 Å². The van der Waals surface area contributed by atoms with Crippen molar-refractivity contribution in [1.82, 2.24) is 19.1 Å². The van der Waals surface area contributed by atoms with E-state index in [1.165, 1.54) is 6.07 Å². The number of halogens is 2. The molecule has 0 unspecified atom stereocenters. The molecule has 4 aromatic rings. The molecule has 14 nitrogen and oxygen atoms in total. The summed E-state index contributed by atoms with van der Waals surface area (Å²) in [5, 5.41) is 9.14. The summed E-state index contributed by atoms with van der Waals surface area (Å²) in [5.41, 5.74) is 26.1. The van der Waals surface area contributed by atoms with E-state index in [4.69, 9.17) is 42.3 Å². The third-order valence-electron chi connectivity index (χ3n) is 6.29. The summed E-state index contributed by atoms with van der Waals surface area (Å²) >= 11 is 0. The van der Waals surface area contributed by atoms with Crippen molar-refractivity contribution >= 4 is 79.7 Å². The number of nitrogens with two attached hydrogens (primary N) is 4. The molecule has 0 bridgehead atoms. The number of aromatic nitrogens is 4. The number of aliphatic hydroxyl groups is 1. The number of nitrogens with zero attached hydrogens (tertiary/aromatic N) is 4. The molecule has 0 saturated carbocycles. The fourth-order valence-electron chi connectivity index (χ4n) is 4.36. The zero-order valence-electron chi connectivity index (χ0n) is 23.5. The first-order chi connectivity index (χ1) is 19.7. The Bertz CT molecular complexity index is 1600. The average Bonchev–Trinajstić information content (AvgIpc) is 3.43. The highest BCUT2D eigenvalue weighted by molar-refractivity contribution is 8.93. The van der Waals surface area contributed by atoms with Crippen LogP contribution in [0.5, 0.6) is 11.5 Å². The number of aliphatic hydroxyl groups excluding tert-OH is 1. The molecule has 0 atom stereocenters. The van der Waals surface area contributed by atoms with Crippen molar-refractivity contribution in [1.29, 1.82) is 0 Å². The lowest BCUT2D eigenvalue weighted by Crippen LogP contribution is -2.12. The highest BCUT2D eigenvalue weighted by Gasteiger charge is 2.18. The predicted molar refractivity (Wildman–Crippen MR) is 174 cm³/mol. The maximum Gasteiger partial charge on any atom is 0.248 e. The first kappa shape index (κ1) is 35.3. The fourth-order valence-corrected chi connectivity index (χ4v) is 4.36. The van der Waals surface area contributed by atoms with Gasteiger partial charge in [-0.05, 0) is 24.3 Å². The largest absolute Gasteiger partial charge is 0.491 e. The Balaban J connectivity index is 0.00000323. The van der Waals surface area contributed by atoms with Crippen molar-refractivity contribution in [2.75, 3.05) is 45.0 Å². The zero-order chi connectivity index (χ0) is 29.5. The molecule has 0 fully saturated rings. The number of benzene rings is 2. The standard InChI is InChI=1S/C27H34N8O6.2BrH/c1-39-9-5-11-41-21-15-17(25(29)38)13-19-23(21)35(27(31)33-19)7-3-2-6-34-22-18(32-26(34)30)12-16(24(28)37)14-20(22)40-10-4-8-36;;/h2-3,12-15,36H,4-11H2,1H3,(H2,28,37)(H2,29,38)(H2,30,32)(H2,31,33);2*1H/b3-2+;;. The van der Waals surface area contributed by atoms with Gasteiger partial charge in [-0.3, -0.25) is 9.59 Å². The summed E-state index contributed by atoms with van der Waals surface area (Å²) in [6, 6.07) is 6.25. The van der Waals surface area contributed by atoms with Gasteiger partial charge in [0.25, 0.3) is 0 Å². The number of ether oxygens (including phenoxy) is 3. The lowest BCUT2D eigenvalue weighted by molar-refractivity contribution is 0.0991. The van der Waals surface area contributed by atoms with Gasteiger partial charge in [-0.2, -0.15) is 0 Å². The molecule has 2 amide bonds. The average molecular weight is 728 g/mol. The lowest BCUT2D eigenvalue weighted by atomic mass is 10.1. The number of hydrogen-bond donors (Lipinski definition) is 5. The van der Waals surface area contributed by atoms with Crippen molar-refractivity contribution in [3.8, 4) is 11.5 Å². The van der Waals surface area contributed by atoms with Gasteiger partial charge in [0.2, 0.25) is 23.7 Å². The van der Waals surface area contributed by atoms with E-state index in [2.05, 4.69) is 9.97 Å². The number of methoxy groups -OCH3 is 1. The van der Waals surface area contributed by atoms with Crippen LogP contribution >= 0.6 is 34.0 Å². The van der Waals surface area contributed by atoms with Gasteiger partial charge >= 0.3 is 0 Å². The van der Waals surface area contributed by atoms with Gasteiger partial charge in [-0.25, -0.2) is 9.97 Å². The minimum Gasteiger partial charge on any atom is -0.491 e. The number of nitrogen functional groups attached to an aromatic ring is 2. The molecule has 2 aromatic heterocycles. The molecule has 0 aliphatic carbocycles. The fraction of sp³-hybridized carbons (Fsp3) is 0.333. The second-order valence-corrected chi connectivity index (χ2v) is 9.17. The van der Waals surface area contributed by atoms with Crippen LogP contribution in [0.15, 0.2) is 36.4 Å². The molecule has 0 aliphatic rings. The number of carbonyl (C=O) groups is 2. The van der Waals surface area contributed by atoms with E-state index in [1.54, 1.807) is 34.4 Å². The summed E-state index contributed by atoms with van der Waals surface area (Å²) in [7, 11) is 1.61. The molecule has 2 aromatic carbocycles. The van der Waals surface area contributed by atoms with Crippen molar-refractivity contribution in [3.63, 3.8) is 0 Å². The Kier molecular flexibility index (Phi) is 13.2. The molecule has 2 heterocycles. The molecule has 43 heavy (non-hydrogen) atoms. The van der Waals surface area contributed by atoms with E-state index < -0.39 is 11.8 Å². The van der Waals surface area contributed by atoms with Gasteiger partial charge in [0.15, 0.2) is 0 Å². The minimum atomic E-state index is -0.623. The maximum absolute atomic E-state index is 11.9. The van der Waals surface area contributed by atoms with Crippen LogP contribution in [0.4, 0.5) is 11.9 Å². The SMILES string of the molecule is Br.Br.COCCCOc1cc(C(N)=O)cc2nc(N)n(C/C=C/Cn3c(N)nc4cc(C(N)=O)cc(OCCCO)c43)c12. The molecule has 9 N–H and O–H groups in total. The maximum atomic E-state index is 11.9. The molecule has 0 radical (unpaired) electrons. The highest BCUT2D eigenvalue weighted by Crippen LogP contribution is 2.31. The van der Waals surface area contributed by atoms with E-state index in [9.17, 15) is 9.59 Å². The number of hydrogen-bond acceptors (Lipinski definition) is 10. The van der Waals surface area contributed by atoms with Crippen LogP contribution in [-0.4, -0.2) is 69.6 Å². The number of carbonyl (C=O) groups excluding carboxylic acids is 2. The third kappa shape index (κ3) is 8.16. The van der Waals surface area contributed by atoms with Crippen LogP contribution in [0.3, 0.4) is 0 Å². The Morgan fingerprint density at radius 3 is 1.63 bits per heavy atom. The van der Waals surface area contributed by atoms with Crippen molar-refractivity contribution in [3.05, 3.63) is 47.5 Å². The molecule has 0 saturated heterocycles. The lowest BCUT2D eigenvalue weighted by Gasteiger charge is -2.12. The van der Waals surface area contributed by atoms with Crippen LogP contribution in [0.25, 0.3) is 22.1 Å². The number of primary amides is 2. The minimum absolute atomic E-state index is 0. The van der Waals surface area contributed by atoms with Crippen molar-refractivity contribution < 1.29 is 28.9 Å². The van der Waals surface area contributed by atoms with Gasteiger partial charge in [0, 0.05) is 57.4 Å². The molecule has 0 aliphatic heterocycles. The number of imidazole rings is 2. The number of fused-ring (bicyclic) bond motifs is 2. The van der Waals surface area contributed by atoms with Gasteiger partial charge in [-0.1, -0.05) is 12.2 Å². The van der Waals surface area contributed by atoms with Crippen LogP contribution in [0.1, 0.15) is 33.6 Å². The molecule has 16 heteroatoms. The van der Waals surface area contributed by atoms with Crippen LogP contribution < -0.4 is 32.4 Å². The Morgan fingerprint density at radius 1 is 0.791 bits per heavy atom. The van der Waals surface area contributed by atoms with E-state index in [1.807, 2.05) is 12.2 Å². The Hall–Kier alpha value is -3.86. The summed E-state index contributed by atoms with van der Waals surface area (Å²) in [4.78, 5) is 32.5. The smallest absolute Gasteiger partial charge is 0.248 e. The second-order valence-electron chi connectivity index (χ2n) is 9.17. The summed E-state index contributed by atoms with van der Waals surface area (Å²) < 4.78 is 20.4. The third-order valence-corrected chi connectivity index (χ3v) is 6.29. The van der Waals surface area contributed by atoms with Crippen molar-refractivity contribution in [2.45, 2.75) is 25.9 Å². The van der Waals surface area contributed by atoms with E-state index in [0.29, 0.717) is 72.7 Å². The predicted octanol–water partition coefficient (Wildman–Crippen LogP) is 2.34. The second kappa shape index (κ2) is 16.1. The first-order valence-corrected chi connectivity index (χ1v) is 12.9. The molecule has 4 rings (SSSR count). The van der Waals surface area contributed by atoms with Crippen LogP contribution in [-0.2, 0) is 17.8 Å². The van der Waals surface area contributed by atoms with E-state index >= 15 is 0 Å². The zero-order valence-corrected chi connectivity index (χ0v) is 27.0. The first-order valence-electron chi connectivity index (χ1n) is 12.9. The number of anilines is 2. The summed E-state index contributed by atoms with van der Waals surface area (Å²) in [5.74, 6) is 0.0461. The Labute approximate surface area is 268 Å². The molecular weight excluding hydrogens is 692 g/mol. The van der Waals surface area contributed by atoms with Gasteiger partial charge < -0.3 is 51.4 Å². The monoisotopic (exact) mass is 726 g/mol. The Morgan fingerprint density at radius 2 is 1.23 bits per heavy atom. The quantitative estimate of drug-likeness (QED) is 0.0888. The normalized spacial score (nSPS) is 11.0. The topological polar surface area (TPSA) is 222 Å².